The summed E-state index contributed by atoms with van der Waals surface area (Å²) in [5.41, 5.74) is 2.84. The summed E-state index contributed by atoms with van der Waals surface area (Å²) < 4.78 is 0. The van der Waals surface area contributed by atoms with Crippen LogP contribution in [-0.2, 0) is 17.8 Å². The summed E-state index contributed by atoms with van der Waals surface area (Å²) in [7, 11) is 0. The van der Waals surface area contributed by atoms with Gasteiger partial charge < -0.3 is 10.3 Å². The van der Waals surface area contributed by atoms with Gasteiger partial charge in [-0.3, -0.25) is 9.78 Å². The van der Waals surface area contributed by atoms with E-state index in [4.69, 9.17) is 0 Å². The Labute approximate surface area is 116 Å². The van der Waals surface area contributed by atoms with E-state index in [2.05, 4.69) is 15.3 Å². The van der Waals surface area contributed by atoms with Crippen molar-refractivity contribution in [3.05, 3.63) is 66.1 Å². The van der Waals surface area contributed by atoms with E-state index in [0.717, 1.165) is 22.3 Å². The number of pyridine rings is 1. The fourth-order valence-electron chi connectivity index (χ4n) is 2.16. The number of nitrogens with zero attached hydrogens (tertiary/aromatic N) is 1. The van der Waals surface area contributed by atoms with E-state index < -0.39 is 0 Å². The van der Waals surface area contributed by atoms with Crippen LogP contribution in [0, 0.1) is 0 Å². The number of nitrogens with one attached hydrogen (secondary N) is 2. The largest absolute Gasteiger partial charge is 0.358 e. The lowest BCUT2D eigenvalue weighted by molar-refractivity contribution is -0.120. The standard InChI is InChI=1S/C16H15N3O/c20-16(18-11-13-6-3-4-8-17-13)10-14-9-12-5-1-2-7-15(12)19-14/h1-9,19H,10-11H2,(H,18,20). The van der Waals surface area contributed by atoms with Crippen LogP contribution < -0.4 is 5.32 Å². The molecule has 0 saturated heterocycles. The molecule has 20 heavy (non-hydrogen) atoms. The fraction of sp³-hybridized carbons (Fsp3) is 0.125. The quantitative estimate of drug-likeness (QED) is 0.761. The molecule has 0 aliphatic heterocycles. The van der Waals surface area contributed by atoms with Gasteiger partial charge in [-0.15, -0.1) is 0 Å². The van der Waals surface area contributed by atoms with Crippen LogP contribution in [0.25, 0.3) is 10.9 Å². The molecule has 0 fully saturated rings. The summed E-state index contributed by atoms with van der Waals surface area (Å²) in [6, 6.07) is 15.7. The maximum absolute atomic E-state index is 11.9. The lowest BCUT2D eigenvalue weighted by atomic mass is 10.2. The maximum atomic E-state index is 11.9. The molecule has 0 unspecified atom stereocenters. The van der Waals surface area contributed by atoms with Crippen molar-refractivity contribution in [1.82, 2.24) is 15.3 Å². The van der Waals surface area contributed by atoms with Gasteiger partial charge in [-0.05, 0) is 29.7 Å². The highest BCUT2D eigenvalue weighted by Gasteiger charge is 2.06. The molecule has 0 atom stereocenters. The molecule has 100 valence electrons. The maximum Gasteiger partial charge on any atom is 0.226 e. The number of benzene rings is 1. The number of hydrogen-bond acceptors (Lipinski definition) is 2. The first-order valence-electron chi connectivity index (χ1n) is 6.54. The molecular weight excluding hydrogens is 250 g/mol. The zero-order valence-corrected chi connectivity index (χ0v) is 11.0. The molecule has 4 nitrogen and oxygen atoms in total. The van der Waals surface area contributed by atoms with Crippen molar-refractivity contribution in [1.29, 1.82) is 0 Å². The van der Waals surface area contributed by atoms with Gasteiger partial charge in [0.25, 0.3) is 0 Å². The van der Waals surface area contributed by atoms with Crippen molar-refractivity contribution >= 4 is 16.8 Å². The Balaban J connectivity index is 1.61. The third kappa shape index (κ3) is 2.85. The smallest absolute Gasteiger partial charge is 0.226 e. The van der Waals surface area contributed by atoms with Crippen LogP contribution in [0.3, 0.4) is 0 Å². The minimum absolute atomic E-state index is 0.0118. The van der Waals surface area contributed by atoms with E-state index in [9.17, 15) is 4.79 Å². The van der Waals surface area contributed by atoms with Gasteiger partial charge in [0.1, 0.15) is 0 Å². The predicted octanol–water partition coefficient (Wildman–Crippen LogP) is 2.42. The second kappa shape index (κ2) is 5.57. The average molecular weight is 265 g/mol. The lowest BCUT2D eigenvalue weighted by Crippen LogP contribution is -2.25. The van der Waals surface area contributed by atoms with Crippen LogP contribution in [0.1, 0.15) is 11.4 Å². The molecule has 0 aliphatic rings. The number of amides is 1. The van der Waals surface area contributed by atoms with Crippen LogP contribution >= 0.6 is 0 Å². The molecule has 2 aromatic heterocycles. The molecule has 2 N–H and O–H groups in total. The van der Waals surface area contributed by atoms with Crippen LogP contribution in [0.5, 0.6) is 0 Å². The molecule has 0 spiro atoms. The lowest BCUT2D eigenvalue weighted by Gasteiger charge is -2.03. The molecule has 0 aliphatic carbocycles. The molecule has 1 amide bonds. The summed E-state index contributed by atoms with van der Waals surface area (Å²) in [5.74, 6) is -0.0118. The minimum Gasteiger partial charge on any atom is -0.358 e. The van der Waals surface area contributed by atoms with E-state index >= 15 is 0 Å². The first kappa shape index (κ1) is 12.4. The molecule has 0 saturated carbocycles. The summed E-state index contributed by atoms with van der Waals surface area (Å²) >= 11 is 0. The Bertz CT molecular complexity index is 686. The van der Waals surface area contributed by atoms with Gasteiger partial charge in [0.15, 0.2) is 0 Å². The first-order valence-corrected chi connectivity index (χ1v) is 6.54. The molecule has 4 heteroatoms. The summed E-state index contributed by atoms with van der Waals surface area (Å²) in [6.07, 6.45) is 2.07. The molecule has 1 aromatic carbocycles. The van der Waals surface area contributed by atoms with Crippen LogP contribution in [-0.4, -0.2) is 15.9 Å². The van der Waals surface area contributed by atoms with Crippen LogP contribution in [0.15, 0.2) is 54.7 Å². The van der Waals surface area contributed by atoms with E-state index in [1.54, 1.807) is 6.20 Å². The van der Waals surface area contributed by atoms with Gasteiger partial charge in [0.05, 0.1) is 18.7 Å². The van der Waals surface area contributed by atoms with E-state index in [1.807, 2.05) is 48.5 Å². The first-order chi connectivity index (χ1) is 9.81. The molecule has 2 heterocycles. The Morgan fingerprint density at radius 3 is 2.80 bits per heavy atom. The number of aromatic nitrogens is 2. The SMILES string of the molecule is O=C(Cc1cc2ccccc2[nH]1)NCc1ccccn1. The van der Waals surface area contributed by atoms with Gasteiger partial charge in [0.2, 0.25) is 5.91 Å². The number of para-hydroxylation sites is 1. The monoisotopic (exact) mass is 265 g/mol. The van der Waals surface area contributed by atoms with Crippen LogP contribution in [0.4, 0.5) is 0 Å². The van der Waals surface area contributed by atoms with Crippen molar-refractivity contribution in [2.45, 2.75) is 13.0 Å². The number of carbonyl (C=O) groups excluding carboxylic acids is 1. The highest BCUT2D eigenvalue weighted by atomic mass is 16.1. The summed E-state index contributed by atoms with van der Waals surface area (Å²) in [5, 5.41) is 4.00. The molecule has 0 radical (unpaired) electrons. The number of rotatable bonds is 4. The number of carbonyl (C=O) groups is 1. The van der Waals surface area contributed by atoms with Crippen molar-refractivity contribution in [3.8, 4) is 0 Å². The van der Waals surface area contributed by atoms with Gasteiger partial charge in [-0.1, -0.05) is 24.3 Å². The molecule has 3 rings (SSSR count). The molecular formula is C16H15N3O. The Morgan fingerprint density at radius 2 is 2.00 bits per heavy atom. The number of hydrogen-bond donors (Lipinski definition) is 2. The summed E-state index contributed by atoms with van der Waals surface area (Å²) in [4.78, 5) is 19.3. The zero-order chi connectivity index (χ0) is 13.8. The zero-order valence-electron chi connectivity index (χ0n) is 11.0. The number of aromatic amines is 1. The van der Waals surface area contributed by atoms with E-state index in [-0.39, 0.29) is 5.91 Å². The third-order valence-electron chi connectivity index (χ3n) is 3.13. The minimum atomic E-state index is -0.0118. The highest BCUT2D eigenvalue weighted by molar-refractivity contribution is 5.84. The second-order valence-electron chi connectivity index (χ2n) is 4.66. The Kier molecular flexibility index (Phi) is 3.46. The molecule has 0 bridgehead atoms. The Hall–Kier alpha value is -2.62. The van der Waals surface area contributed by atoms with E-state index in [1.165, 1.54) is 0 Å². The van der Waals surface area contributed by atoms with Crippen molar-refractivity contribution in [2.75, 3.05) is 0 Å². The van der Waals surface area contributed by atoms with Gasteiger partial charge in [-0.2, -0.15) is 0 Å². The van der Waals surface area contributed by atoms with Gasteiger partial charge in [0, 0.05) is 17.4 Å². The number of H-pyrrole nitrogens is 1. The highest BCUT2D eigenvalue weighted by Crippen LogP contribution is 2.14. The third-order valence-corrected chi connectivity index (χ3v) is 3.13. The predicted molar refractivity (Wildman–Crippen MR) is 78.1 cm³/mol. The molecule has 3 aromatic rings. The second-order valence-corrected chi connectivity index (χ2v) is 4.66. The van der Waals surface area contributed by atoms with E-state index in [0.29, 0.717) is 13.0 Å². The summed E-state index contributed by atoms with van der Waals surface area (Å²) in [6.45, 7) is 0.458. The van der Waals surface area contributed by atoms with Gasteiger partial charge >= 0.3 is 0 Å². The Morgan fingerprint density at radius 1 is 1.15 bits per heavy atom. The topological polar surface area (TPSA) is 57.8 Å². The fourth-order valence-corrected chi connectivity index (χ4v) is 2.16. The van der Waals surface area contributed by atoms with Crippen molar-refractivity contribution in [3.63, 3.8) is 0 Å². The van der Waals surface area contributed by atoms with Crippen molar-refractivity contribution < 1.29 is 4.79 Å². The van der Waals surface area contributed by atoms with Crippen LogP contribution in [0.2, 0.25) is 0 Å². The average Bonchev–Trinajstić information content (AvgIpc) is 2.88. The van der Waals surface area contributed by atoms with Gasteiger partial charge in [-0.25, -0.2) is 0 Å². The normalized spacial score (nSPS) is 10.6. The van der Waals surface area contributed by atoms with Crippen molar-refractivity contribution in [2.24, 2.45) is 0 Å². The number of fused-ring (bicyclic) bond motifs is 1.